The lowest BCUT2D eigenvalue weighted by molar-refractivity contribution is 0.314. The van der Waals surface area contributed by atoms with Gasteiger partial charge in [-0.05, 0) is 30.0 Å². The minimum atomic E-state index is 0.755. The molecule has 2 aromatic carbocycles. The summed E-state index contributed by atoms with van der Waals surface area (Å²) in [5.41, 5.74) is 3.22. The van der Waals surface area contributed by atoms with Crippen molar-refractivity contribution in [1.82, 2.24) is 25.1 Å². The molecule has 124 valence electrons. The summed E-state index contributed by atoms with van der Waals surface area (Å²) in [5.74, 6) is 0.755. The van der Waals surface area contributed by atoms with E-state index in [0.29, 0.717) is 0 Å². The molecule has 0 unspecified atom stereocenters. The molecule has 0 aliphatic carbocycles. The monoisotopic (exact) mass is 329 g/mol. The fraction of sp³-hybridized carbons (Fsp3) is 0.150. The van der Waals surface area contributed by atoms with Gasteiger partial charge < -0.3 is 0 Å². The van der Waals surface area contributed by atoms with Gasteiger partial charge in [0.1, 0.15) is 0 Å². The Kier molecular flexibility index (Phi) is 4.23. The Hall–Kier alpha value is -3.05. The molecule has 0 aliphatic heterocycles. The van der Waals surface area contributed by atoms with Gasteiger partial charge in [0.05, 0.1) is 0 Å². The summed E-state index contributed by atoms with van der Waals surface area (Å²) in [7, 11) is 2.07. The van der Waals surface area contributed by atoms with E-state index in [0.717, 1.165) is 35.7 Å². The van der Waals surface area contributed by atoms with Crippen molar-refractivity contribution in [1.29, 1.82) is 0 Å². The van der Waals surface area contributed by atoms with Crippen LogP contribution in [0.25, 0.3) is 22.2 Å². The average molecular weight is 329 g/mol. The van der Waals surface area contributed by atoms with Crippen LogP contribution in [0.1, 0.15) is 11.3 Å². The zero-order valence-electron chi connectivity index (χ0n) is 14.1. The van der Waals surface area contributed by atoms with Gasteiger partial charge in [0.15, 0.2) is 5.82 Å². The van der Waals surface area contributed by atoms with Gasteiger partial charge in [-0.1, -0.05) is 36.4 Å². The molecular formula is C20H19N5. The number of benzene rings is 2. The zero-order valence-corrected chi connectivity index (χ0v) is 14.1. The van der Waals surface area contributed by atoms with Crippen LogP contribution in [0.15, 0.2) is 67.1 Å². The Bertz CT molecular complexity index is 961. The van der Waals surface area contributed by atoms with E-state index in [1.165, 1.54) is 10.8 Å². The normalized spacial score (nSPS) is 11.3. The topological polar surface area (TPSA) is 57.7 Å². The van der Waals surface area contributed by atoms with Crippen LogP contribution in [0, 0.1) is 0 Å². The third-order valence-corrected chi connectivity index (χ3v) is 4.16. The van der Waals surface area contributed by atoms with Crippen LogP contribution in [-0.2, 0) is 13.1 Å². The fourth-order valence-corrected chi connectivity index (χ4v) is 2.95. The van der Waals surface area contributed by atoms with Crippen LogP contribution in [0.5, 0.6) is 0 Å². The number of aromatic nitrogens is 4. The lowest BCUT2D eigenvalue weighted by Gasteiger charge is -2.15. The lowest BCUT2D eigenvalue weighted by atomic mass is 10.1. The fourth-order valence-electron chi connectivity index (χ4n) is 2.95. The molecule has 4 aromatic rings. The number of H-pyrrole nitrogens is 1. The number of nitrogens with zero attached hydrogens (tertiary/aromatic N) is 4. The third-order valence-electron chi connectivity index (χ3n) is 4.16. The van der Waals surface area contributed by atoms with Gasteiger partial charge in [-0.25, -0.2) is 9.97 Å². The van der Waals surface area contributed by atoms with Gasteiger partial charge in [0, 0.05) is 48.5 Å². The molecule has 1 N–H and O–H groups in total. The third kappa shape index (κ3) is 3.56. The molecule has 0 atom stereocenters. The zero-order chi connectivity index (χ0) is 17.1. The molecule has 0 aliphatic rings. The van der Waals surface area contributed by atoms with Gasteiger partial charge >= 0.3 is 0 Å². The summed E-state index contributed by atoms with van der Waals surface area (Å²) < 4.78 is 0. The van der Waals surface area contributed by atoms with E-state index >= 15 is 0 Å². The Morgan fingerprint density at radius 3 is 2.48 bits per heavy atom. The second kappa shape index (κ2) is 6.83. The van der Waals surface area contributed by atoms with Crippen molar-refractivity contribution in [3.63, 3.8) is 0 Å². The highest BCUT2D eigenvalue weighted by Gasteiger charge is 2.06. The first-order chi connectivity index (χ1) is 12.3. The van der Waals surface area contributed by atoms with Crippen LogP contribution in [0.4, 0.5) is 0 Å². The summed E-state index contributed by atoms with van der Waals surface area (Å²) in [5, 5.41) is 9.37. The van der Waals surface area contributed by atoms with E-state index < -0.39 is 0 Å². The highest BCUT2D eigenvalue weighted by Crippen LogP contribution is 2.21. The van der Waals surface area contributed by atoms with Gasteiger partial charge in [-0.15, -0.1) is 0 Å². The van der Waals surface area contributed by atoms with Gasteiger partial charge in [0.2, 0.25) is 0 Å². The minimum Gasteiger partial charge on any atom is -0.296 e. The first kappa shape index (κ1) is 15.5. The molecule has 0 spiro atoms. The average Bonchev–Trinajstić information content (AvgIpc) is 3.15. The Morgan fingerprint density at radius 1 is 0.920 bits per heavy atom. The molecule has 0 amide bonds. The number of hydrogen-bond donors (Lipinski definition) is 1. The molecule has 5 heteroatoms. The maximum atomic E-state index is 4.55. The smallest absolute Gasteiger partial charge is 0.159 e. The molecule has 5 nitrogen and oxygen atoms in total. The maximum Gasteiger partial charge on any atom is 0.159 e. The van der Waals surface area contributed by atoms with Crippen molar-refractivity contribution in [3.05, 3.63) is 78.4 Å². The second-order valence-corrected chi connectivity index (χ2v) is 6.23. The first-order valence-electron chi connectivity index (χ1n) is 8.25. The molecule has 0 bridgehead atoms. The van der Waals surface area contributed by atoms with Gasteiger partial charge in [0.25, 0.3) is 0 Å². The van der Waals surface area contributed by atoms with E-state index in [9.17, 15) is 0 Å². The van der Waals surface area contributed by atoms with Gasteiger partial charge in [-0.3, -0.25) is 10.00 Å². The number of aromatic amines is 1. The predicted octanol–water partition coefficient (Wildman–Crippen LogP) is 3.65. The van der Waals surface area contributed by atoms with E-state index in [-0.39, 0.29) is 0 Å². The molecular weight excluding hydrogens is 310 g/mol. The second-order valence-electron chi connectivity index (χ2n) is 6.23. The van der Waals surface area contributed by atoms with Crippen LogP contribution in [0.2, 0.25) is 0 Å². The number of fused-ring (bicyclic) bond motifs is 1. The van der Waals surface area contributed by atoms with Crippen molar-refractivity contribution in [2.45, 2.75) is 13.1 Å². The Balaban J connectivity index is 1.49. The quantitative estimate of drug-likeness (QED) is 0.607. The van der Waals surface area contributed by atoms with Gasteiger partial charge in [-0.2, -0.15) is 5.10 Å². The number of rotatable bonds is 5. The molecule has 0 fully saturated rings. The Morgan fingerprint density at radius 2 is 1.72 bits per heavy atom. The van der Waals surface area contributed by atoms with Crippen LogP contribution in [0.3, 0.4) is 0 Å². The maximum absolute atomic E-state index is 4.55. The molecule has 2 aromatic heterocycles. The molecule has 0 radical (unpaired) electrons. The SMILES string of the molecule is CN(Cc1cnc(-c2ccc3ccccc3c2)nc1)Cc1ccn[nH]1. The van der Waals surface area contributed by atoms with Crippen molar-refractivity contribution >= 4 is 10.8 Å². The molecule has 0 saturated heterocycles. The van der Waals surface area contributed by atoms with E-state index in [4.69, 9.17) is 0 Å². The Labute approximate surface area is 146 Å². The lowest BCUT2D eigenvalue weighted by Crippen LogP contribution is -2.17. The van der Waals surface area contributed by atoms with E-state index in [1.807, 2.05) is 30.6 Å². The first-order valence-corrected chi connectivity index (χ1v) is 8.25. The molecule has 4 rings (SSSR count). The van der Waals surface area contributed by atoms with Crippen molar-refractivity contribution in [2.75, 3.05) is 7.05 Å². The molecule has 0 saturated carbocycles. The van der Waals surface area contributed by atoms with E-state index in [2.05, 4.69) is 62.4 Å². The van der Waals surface area contributed by atoms with Crippen LogP contribution < -0.4 is 0 Å². The molecule has 2 heterocycles. The summed E-state index contributed by atoms with van der Waals surface area (Å²) in [4.78, 5) is 11.3. The summed E-state index contributed by atoms with van der Waals surface area (Å²) >= 11 is 0. The van der Waals surface area contributed by atoms with Crippen molar-refractivity contribution < 1.29 is 0 Å². The predicted molar refractivity (Wildman–Crippen MR) is 98.7 cm³/mol. The minimum absolute atomic E-state index is 0.755. The summed E-state index contributed by atoms with van der Waals surface area (Å²) in [6, 6.07) is 16.6. The van der Waals surface area contributed by atoms with E-state index in [1.54, 1.807) is 6.20 Å². The standard InChI is InChI=1S/C20H19N5/c1-25(14-19-8-9-23-24-19)13-15-11-21-20(22-12-15)18-7-6-16-4-2-3-5-17(16)10-18/h2-12H,13-14H2,1H3,(H,23,24). The van der Waals surface area contributed by atoms with Crippen molar-refractivity contribution in [2.24, 2.45) is 0 Å². The highest BCUT2D eigenvalue weighted by molar-refractivity contribution is 5.86. The summed E-state index contributed by atoms with van der Waals surface area (Å²) in [6.07, 6.45) is 5.58. The van der Waals surface area contributed by atoms with Crippen molar-refractivity contribution in [3.8, 4) is 11.4 Å². The summed E-state index contributed by atoms with van der Waals surface area (Å²) in [6.45, 7) is 1.60. The van der Waals surface area contributed by atoms with Crippen LogP contribution >= 0.6 is 0 Å². The largest absolute Gasteiger partial charge is 0.296 e. The van der Waals surface area contributed by atoms with Crippen LogP contribution in [-0.4, -0.2) is 32.1 Å². The highest BCUT2D eigenvalue weighted by atomic mass is 15.2. The molecule has 25 heavy (non-hydrogen) atoms. The number of nitrogens with one attached hydrogen (secondary N) is 1. The number of hydrogen-bond acceptors (Lipinski definition) is 4.